The van der Waals surface area contributed by atoms with Crippen molar-refractivity contribution >= 4 is 18.4 Å². The maximum Gasteiger partial charge on any atom is 0.337 e. The van der Waals surface area contributed by atoms with Crippen molar-refractivity contribution in [3.63, 3.8) is 0 Å². The first kappa shape index (κ1) is 10.9. The van der Waals surface area contributed by atoms with Gasteiger partial charge in [0.25, 0.3) is 0 Å². The van der Waals surface area contributed by atoms with Crippen molar-refractivity contribution in [3.8, 4) is 0 Å². The SMILES string of the molecule is Cc1cnc(C)c(C(=O)O)c1.Cl. The number of halogens is 1. The Labute approximate surface area is 76.9 Å². The molecule has 0 atom stereocenters. The second-order valence-electron chi connectivity index (χ2n) is 2.45. The Morgan fingerprint density at radius 3 is 2.50 bits per heavy atom. The van der Waals surface area contributed by atoms with Crippen LogP contribution in [0.3, 0.4) is 0 Å². The minimum Gasteiger partial charge on any atom is -0.478 e. The van der Waals surface area contributed by atoms with Crippen molar-refractivity contribution in [2.75, 3.05) is 0 Å². The van der Waals surface area contributed by atoms with Crippen LogP contribution in [0, 0.1) is 13.8 Å². The van der Waals surface area contributed by atoms with Crippen LogP contribution in [0.1, 0.15) is 21.6 Å². The third-order valence-corrected chi connectivity index (χ3v) is 1.45. The normalized spacial score (nSPS) is 8.83. The fourth-order valence-corrected chi connectivity index (χ4v) is 0.854. The smallest absolute Gasteiger partial charge is 0.337 e. The summed E-state index contributed by atoms with van der Waals surface area (Å²) in [7, 11) is 0. The molecule has 12 heavy (non-hydrogen) atoms. The van der Waals surface area contributed by atoms with Crippen LogP contribution in [0.15, 0.2) is 12.3 Å². The molecule has 0 unspecified atom stereocenters. The molecule has 0 saturated heterocycles. The van der Waals surface area contributed by atoms with Crippen LogP contribution in [-0.2, 0) is 0 Å². The van der Waals surface area contributed by atoms with E-state index in [4.69, 9.17) is 5.11 Å². The molecule has 1 heterocycles. The van der Waals surface area contributed by atoms with Crippen molar-refractivity contribution in [1.29, 1.82) is 0 Å². The van der Waals surface area contributed by atoms with Gasteiger partial charge in [-0.3, -0.25) is 4.98 Å². The van der Waals surface area contributed by atoms with Gasteiger partial charge in [-0.05, 0) is 25.5 Å². The number of aryl methyl sites for hydroxylation is 2. The molecule has 0 fully saturated rings. The lowest BCUT2D eigenvalue weighted by molar-refractivity contribution is 0.0695. The minimum absolute atomic E-state index is 0. The molecular weight excluding hydrogens is 178 g/mol. The van der Waals surface area contributed by atoms with Crippen LogP contribution in [0.25, 0.3) is 0 Å². The monoisotopic (exact) mass is 187 g/mol. The molecule has 0 amide bonds. The molecule has 1 aromatic heterocycles. The zero-order valence-corrected chi connectivity index (χ0v) is 7.68. The van der Waals surface area contributed by atoms with E-state index in [2.05, 4.69) is 4.98 Å². The predicted octanol–water partition coefficient (Wildman–Crippen LogP) is 1.82. The lowest BCUT2D eigenvalue weighted by Crippen LogP contribution is -2.01. The molecule has 4 heteroatoms. The maximum atomic E-state index is 10.5. The molecule has 1 aromatic rings. The van der Waals surface area contributed by atoms with Crippen LogP contribution < -0.4 is 0 Å². The fraction of sp³-hybridized carbons (Fsp3) is 0.250. The standard InChI is InChI=1S/C8H9NO2.ClH/c1-5-3-7(8(10)11)6(2)9-4-5;/h3-4H,1-2H3,(H,10,11);1H. The second kappa shape index (κ2) is 4.07. The molecule has 0 aliphatic carbocycles. The predicted molar refractivity (Wildman–Crippen MR) is 47.9 cm³/mol. The summed E-state index contributed by atoms with van der Waals surface area (Å²) in [4.78, 5) is 14.5. The summed E-state index contributed by atoms with van der Waals surface area (Å²) in [5.41, 5.74) is 1.71. The van der Waals surface area contributed by atoms with Crippen LogP contribution in [-0.4, -0.2) is 16.1 Å². The molecule has 1 N–H and O–H groups in total. The molecule has 66 valence electrons. The highest BCUT2D eigenvalue weighted by molar-refractivity contribution is 5.88. The van der Waals surface area contributed by atoms with E-state index in [1.807, 2.05) is 6.92 Å². The number of hydrogen-bond donors (Lipinski definition) is 1. The molecule has 0 aliphatic heterocycles. The third-order valence-electron chi connectivity index (χ3n) is 1.45. The van der Waals surface area contributed by atoms with Crippen molar-refractivity contribution in [3.05, 3.63) is 29.1 Å². The first-order chi connectivity index (χ1) is 5.11. The number of aromatic nitrogens is 1. The Bertz CT molecular complexity index is 299. The Morgan fingerprint density at radius 2 is 2.08 bits per heavy atom. The first-order valence-electron chi connectivity index (χ1n) is 3.28. The van der Waals surface area contributed by atoms with E-state index in [1.165, 1.54) is 0 Å². The van der Waals surface area contributed by atoms with Crippen LogP contribution in [0.4, 0.5) is 0 Å². The van der Waals surface area contributed by atoms with E-state index < -0.39 is 5.97 Å². The Morgan fingerprint density at radius 1 is 1.50 bits per heavy atom. The van der Waals surface area contributed by atoms with Gasteiger partial charge in [-0.1, -0.05) is 0 Å². The van der Waals surface area contributed by atoms with Crippen molar-refractivity contribution in [2.24, 2.45) is 0 Å². The van der Waals surface area contributed by atoms with Gasteiger partial charge in [0.1, 0.15) is 0 Å². The van der Waals surface area contributed by atoms with E-state index in [0.717, 1.165) is 5.56 Å². The summed E-state index contributed by atoms with van der Waals surface area (Å²) in [6.07, 6.45) is 1.65. The van der Waals surface area contributed by atoms with E-state index in [9.17, 15) is 4.79 Å². The molecule has 0 bridgehead atoms. The number of carboxylic acid groups (broad SMARTS) is 1. The summed E-state index contributed by atoms with van der Waals surface area (Å²) >= 11 is 0. The van der Waals surface area contributed by atoms with Gasteiger partial charge in [0, 0.05) is 6.20 Å². The molecule has 0 radical (unpaired) electrons. The lowest BCUT2D eigenvalue weighted by Gasteiger charge is -1.99. The van der Waals surface area contributed by atoms with Gasteiger partial charge >= 0.3 is 5.97 Å². The summed E-state index contributed by atoms with van der Waals surface area (Å²) in [6, 6.07) is 1.62. The van der Waals surface area contributed by atoms with Gasteiger partial charge in [-0.25, -0.2) is 4.79 Å². The number of aromatic carboxylic acids is 1. The highest BCUT2D eigenvalue weighted by atomic mass is 35.5. The summed E-state index contributed by atoms with van der Waals surface area (Å²) in [5, 5.41) is 8.65. The Balaban J connectivity index is 0.00000121. The van der Waals surface area contributed by atoms with E-state index in [1.54, 1.807) is 19.2 Å². The molecule has 3 nitrogen and oxygen atoms in total. The van der Waals surface area contributed by atoms with E-state index in [-0.39, 0.29) is 18.0 Å². The molecular formula is C8H10ClNO2. The van der Waals surface area contributed by atoms with Crippen molar-refractivity contribution < 1.29 is 9.90 Å². The Kier molecular flexibility index (Phi) is 3.70. The number of pyridine rings is 1. The largest absolute Gasteiger partial charge is 0.478 e. The number of nitrogens with zero attached hydrogens (tertiary/aromatic N) is 1. The first-order valence-corrected chi connectivity index (χ1v) is 3.28. The molecule has 0 aliphatic rings. The van der Waals surface area contributed by atoms with Crippen LogP contribution in [0.5, 0.6) is 0 Å². The minimum atomic E-state index is -0.918. The van der Waals surface area contributed by atoms with Gasteiger partial charge in [0.05, 0.1) is 11.3 Å². The maximum absolute atomic E-state index is 10.5. The van der Waals surface area contributed by atoms with Gasteiger partial charge in [0.2, 0.25) is 0 Å². The van der Waals surface area contributed by atoms with E-state index >= 15 is 0 Å². The Hall–Kier alpha value is -1.09. The highest BCUT2D eigenvalue weighted by Crippen LogP contribution is 2.06. The van der Waals surface area contributed by atoms with Gasteiger partial charge in [0.15, 0.2) is 0 Å². The van der Waals surface area contributed by atoms with Gasteiger partial charge in [-0.2, -0.15) is 0 Å². The molecule has 1 rings (SSSR count). The quantitative estimate of drug-likeness (QED) is 0.730. The lowest BCUT2D eigenvalue weighted by atomic mass is 10.1. The van der Waals surface area contributed by atoms with Crippen LogP contribution >= 0.6 is 12.4 Å². The molecule has 0 aromatic carbocycles. The second-order valence-corrected chi connectivity index (χ2v) is 2.45. The van der Waals surface area contributed by atoms with Crippen LogP contribution in [0.2, 0.25) is 0 Å². The third kappa shape index (κ3) is 2.20. The fourth-order valence-electron chi connectivity index (χ4n) is 0.854. The van der Waals surface area contributed by atoms with Crippen molar-refractivity contribution in [2.45, 2.75) is 13.8 Å². The molecule has 0 saturated carbocycles. The van der Waals surface area contributed by atoms with Crippen molar-refractivity contribution in [1.82, 2.24) is 4.98 Å². The summed E-state index contributed by atoms with van der Waals surface area (Å²) in [6.45, 7) is 3.50. The molecule has 0 spiro atoms. The zero-order valence-electron chi connectivity index (χ0n) is 6.87. The van der Waals surface area contributed by atoms with E-state index in [0.29, 0.717) is 5.69 Å². The number of carbonyl (C=O) groups is 1. The summed E-state index contributed by atoms with van der Waals surface area (Å²) in [5.74, 6) is -0.918. The van der Waals surface area contributed by atoms with Gasteiger partial charge in [-0.15, -0.1) is 12.4 Å². The topological polar surface area (TPSA) is 50.2 Å². The number of rotatable bonds is 1. The number of carboxylic acids is 1. The number of hydrogen-bond acceptors (Lipinski definition) is 2. The summed E-state index contributed by atoms with van der Waals surface area (Å²) < 4.78 is 0. The average molecular weight is 188 g/mol. The zero-order chi connectivity index (χ0) is 8.43. The average Bonchev–Trinajstić information content (AvgIpc) is 1.94. The van der Waals surface area contributed by atoms with Gasteiger partial charge < -0.3 is 5.11 Å². The highest BCUT2D eigenvalue weighted by Gasteiger charge is 2.06.